The van der Waals surface area contributed by atoms with Gasteiger partial charge in [0.15, 0.2) is 0 Å². The molecule has 22 nitrogen and oxygen atoms in total. The van der Waals surface area contributed by atoms with E-state index >= 15 is 0 Å². The predicted molar refractivity (Wildman–Crippen MR) is 486 cm³/mol. The van der Waals surface area contributed by atoms with Crippen molar-refractivity contribution in [2.24, 2.45) is 0 Å². The Kier molecular flexibility index (Phi) is 36.0. The topological polar surface area (TPSA) is 283 Å². The standard InChI is InChI=1S/C26H27F4N3O2.C23H23F4N3O2.C23H22F4N2O5S.C22H20F4N2O3.C2H6/c1-5-11-32(4)15-17(3)33-12-10-19-20(25(33)35)8-6-16(2)24(19)31-23(34)14-18-7-9-21(22(27)13-18)26(28,29)30;1-13-4-6-17-16(8-9-30(22(17)32)14(2)12-28-3)21(13)29-20(31)11-15-5-7-18(19(24)10-15)23(25,26)27;1-13-4-6-17-16(8-9-29(22(17)31)14(2)12-34-35(3,32)33)21(13)28-20(30)11-15-5-7-18(19(24)10-15)23(25,26)27;1-12-3-5-16-15(7-8-28(21(16)31)13(2)11-29)20(12)27-19(30)10-14-4-6-17(18(23)9-14)22(24,25)26;1-2/h5-10,12-13,17H,1,11,14-15H2,2-4H3,(H,31,34);4-10,14,28H,11-12H2,1-3H3,(H,29,31);4-10,14H,11-12H2,1-3H3,(H,28,30);3-9,13,29H,10-11H2,1-2H3,(H,27,30);1-2H3/t17-;2*14-;13-;/m1111./s1. The molecule has 0 spiro atoms. The van der Waals surface area contributed by atoms with Gasteiger partial charge in [0.2, 0.25) is 23.6 Å². The zero-order valence-electron chi connectivity index (χ0n) is 75.3. The van der Waals surface area contributed by atoms with Gasteiger partial charge in [-0.2, -0.15) is 61.1 Å². The van der Waals surface area contributed by atoms with Gasteiger partial charge in [0.05, 0.1) is 102 Å². The van der Waals surface area contributed by atoms with Gasteiger partial charge in [-0.1, -0.05) is 68.5 Å². The highest BCUT2D eigenvalue weighted by Crippen LogP contribution is 2.38. The Morgan fingerprint density at radius 1 is 0.415 bits per heavy atom. The normalized spacial score (nSPS) is 12.7. The minimum absolute atomic E-state index is 0.0490. The first-order valence-electron chi connectivity index (χ1n) is 41.7. The van der Waals surface area contributed by atoms with Crippen molar-refractivity contribution in [1.82, 2.24) is 28.5 Å². The van der Waals surface area contributed by atoms with E-state index in [4.69, 9.17) is 4.18 Å². The molecule has 4 heterocycles. The lowest BCUT2D eigenvalue weighted by Gasteiger charge is -2.22. The zero-order valence-corrected chi connectivity index (χ0v) is 76.1. The molecule has 0 bridgehead atoms. The third-order valence-electron chi connectivity index (χ3n) is 21.4. The maximum atomic E-state index is 13.9. The minimum Gasteiger partial charge on any atom is -0.394 e. The SMILES string of the molecule is C=CCN(C)C[C@@H](C)n1ccc2c(NC(=O)Cc3ccc(C(F)(F)F)c(F)c3)c(C)ccc2c1=O.CC.CNC[C@@H](C)n1ccc2c(NC(=O)Cc3ccc(C(F)(F)F)c(F)c3)c(C)ccc2c1=O.Cc1ccc2c(=O)n([C@H](C)CO)ccc2c1NC(=O)Cc1ccc(C(F)(F)F)c(F)c1.Cc1ccc2c(=O)n([C@H](C)COS(C)(=O)=O)ccc2c1NC(=O)Cc1ccc(C(F)(F)F)c(F)c1. The van der Waals surface area contributed by atoms with Gasteiger partial charge in [0, 0.05) is 99.6 Å². The lowest BCUT2D eigenvalue weighted by molar-refractivity contribution is -0.140. The third-order valence-corrected chi connectivity index (χ3v) is 21.9. The number of rotatable bonds is 26. The summed E-state index contributed by atoms with van der Waals surface area (Å²) in [6.45, 7) is 23.3. The van der Waals surface area contributed by atoms with Gasteiger partial charge in [-0.05, 0) is 211 Å². The first kappa shape index (κ1) is 107. The highest BCUT2D eigenvalue weighted by atomic mass is 32.2. The number of anilines is 4. The zero-order chi connectivity index (χ0) is 101. The molecule has 4 atom stereocenters. The summed E-state index contributed by atoms with van der Waals surface area (Å²) in [5.41, 5.74) is -2.12. The molecule has 0 saturated heterocycles. The number of fused-ring (bicyclic) bond motifs is 4. The van der Waals surface area contributed by atoms with Crippen LogP contribution in [0.15, 0.2) is 202 Å². The molecule has 12 aromatic rings. The van der Waals surface area contributed by atoms with Gasteiger partial charge in [-0.3, -0.25) is 42.5 Å². The molecule has 0 aliphatic heterocycles. The van der Waals surface area contributed by atoms with E-state index in [9.17, 15) is 122 Å². The van der Waals surface area contributed by atoms with Crippen molar-refractivity contribution >= 4 is 99.6 Å². The number of nitrogens with one attached hydrogen (secondary N) is 5. The minimum atomic E-state index is -4.84. The van der Waals surface area contributed by atoms with Crippen LogP contribution in [0.3, 0.4) is 0 Å². The van der Waals surface area contributed by atoms with Crippen LogP contribution in [0.2, 0.25) is 0 Å². The van der Waals surface area contributed by atoms with E-state index in [2.05, 4.69) is 33.2 Å². The fraction of sp³-hybridized carbons (Fsp3) is 0.312. The molecule has 0 aliphatic carbocycles. The predicted octanol–water partition coefficient (Wildman–Crippen LogP) is 19.2. The lowest BCUT2D eigenvalue weighted by Crippen LogP contribution is -2.31. The van der Waals surface area contributed by atoms with E-state index < -0.39 is 122 Å². The van der Waals surface area contributed by atoms with Crippen LogP contribution >= 0.6 is 0 Å². The van der Waals surface area contributed by atoms with Crippen molar-refractivity contribution in [2.75, 3.05) is 74.5 Å². The number of likely N-dealkylation sites (N-methyl/N-ethyl adjacent to an activating group) is 2. The second kappa shape index (κ2) is 45.3. The number of aliphatic hydroxyl groups is 1. The molecule has 0 radical (unpaired) electrons. The molecular formula is C96H98F16N10O12S. The molecule has 39 heteroatoms. The van der Waals surface area contributed by atoms with E-state index in [1.165, 1.54) is 21.5 Å². The average molecular weight is 1920 g/mol. The highest BCUT2D eigenvalue weighted by Gasteiger charge is 2.38. The number of carbonyl (C=O) groups is 4. The quantitative estimate of drug-likeness (QED) is 0.0167. The van der Waals surface area contributed by atoms with Crippen molar-refractivity contribution in [3.8, 4) is 0 Å². The number of benzene rings is 8. The number of pyridine rings is 4. The molecule has 6 N–H and O–H groups in total. The van der Waals surface area contributed by atoms with Crippen LogP contribution in [0, 0.1) is 51.0 Å². The number of carbonyl (C=O) groups excluding carboxylic acids is 4. The number of halogens is 16. The number of alkyl halides is 12. The summed E-state index contributed by atoms with van der Waals surface area (Å²) in [5, 5.41) is 26.6. The lowest BCUT2D eigenvalue weighted by atomic mass is 10.0. The smallest absolute Gasteiger partial charge is 0.394 e. The van der Waals surface area contributed by atoms with Crippen LogP contribution in [0.1, 0.15) is 132 Å². The summed E-state index contributed by atoms with van der Waals surface area (Å²) in [7, 11) is 0.0394. The molecule has 135 heavy (non-hydrogen) atoms. The first-order chi connectivity index (χ1) is 63.1. The monoisotopic (exact) mass is 1920 g/mol. The summed E-state index contributed by atoms with van der Waals surface area (Å²) >= 11 is 0. The summed E-state index contributed by atoms with van der Waals surface area (Å²) in [6, 6.07) is 28.2. The number of aliphatic hydroxyl groups excluding tert-OH is 1. The number of aromatic nitrogens is 4. The van der Waals surface area contributed by atoms with Crippen LogP contribution < -0.4 is 48.8 Å². The molecule has 0 aliphatic rings. The van der Waals surface area contributed by atoms with E-state index in [-0.39, 0.29) is 95.3 Å². The van der Waals surface area contributed by atoms with Gasteiger partial charge in [-0.15, -0.1) is 6.58 Å². The summed E-state index contributed by atoms with van der Waals surface area (Å²) in [5.74, 6) is -8.04. The maximum absolute atomic E-state index is 13.9. The van der Waals surface area contributed by atoms with Gasteiger partial charge in [-0.25, -0.2) is 17.6 Å². The Morgan fingerprint density at radius 2 is 0.667 bits per heavy atom. The molecular weight excluding hydrogens is 1820 g/mol. The molecule has 4 amide bonds. The Morgan fingerprint density at radius 3 is 0.896 bits per heavy atom. The summed E-state index contributed by atoms with van der Waals surface area (Å²) < 4.78 is 241. The van der Waals surface area contributed by atoms with Crippen molar-refractivity contribution in [3.63, 3.8) is 0 Å². The van der Waals surface area contributed by atoms with Crippen molar-refractivity contribution in [1.29, 1.82) is 0 Å². The average Bonchev–Trinajstić information content (AvgIpc) is 0.782. The summed E-state index contributed by atoms with van der Waals surface area (Å²) in [6.07, 6.45) is -11.7. The van der Waals surface area contributed by atoms with Crippen LogP contribution in [-0.2, 0) is 83.9 Å². The van der Waals surface area contributed by atoms with Crippen LogP contribution in [0.25, 0.3) is 43.1 Å². The highest BCUT2D eigenvalue weighted by molar-refractivity contribution is 7.86. The third kappa shape index (κ3) is 27.6. The second-order valence-electron chi connectivity index (χ2n) is 31.8. The van der Waals surface area contributed by atoms with Crippen molar-refractivity contribution in [3.05, 3.63) is 314 Å². The Bertz CT molecular complexity index is 6790. The fourth-order valence-corrected chi connectivity index (χ4v) is 15.0. The maximum Gasteiger partial charge on any atom is 0.419 e. The molecule has 12 rings (SSSR count). The van der Waals surface area contributed by atoms with Crippen LogP contribution in [0.5, 0.6) is 0 Å². The second-order valence-corrected chi connectivity index (χ2v) is 33.4. The number of aryl methyl sites for hydroxylation is 4. The molecule has 0 fully saturated rings. The van der Waals surface area contributed by atoms with E-state index in [0.717, 1.165) is 30.5 Å². The van der Waals surface area contributed by atoms with Gasteiger partial charge in [0.1, 0.15) is 23.3 Å². The molecule has 0 unspecified atom stereocenters. The largest absolute Gasteiger partial charge is 0.419 e. The number of hydrogen-bond donors (Lipinski definition) is 6. The Balaban J connectivity index is 0.000000220. The molecule has 4 aromatic heterocycles. The Labute approximate surface area is 764 Å². The number of nitrogens with zero attached hydrogens (tertiary/aromatic N) is 5. The number of amides is 4. The first-order valence-corrected chi connectivity index (χ1v) is 43.5. The molecule has 722 valence electrons. The van der Waals surface area contributed by atoms with E-state index in [1.807, 2.05) is 39.6 Å². The molecule has 0 saturated carbocycles. The van der Waals surface area contributed by atoms with E-state index in [0.29, 0.717) is 151 Å². The van der Waals surface area contributed by atoms with Gasteiger partial charge >= 0.3 is 24.7 Å². The number of hydrogen-bond acceptors (Lipinski definition) is 14. The van der Waals surface area contributed by atoms with Crippen LogP contribution in [0.4, 0.5) is 93.0 Å². The summed E-state index contributed by atoms with van der Waals surface area (Å²) in [4.78, 5) is 104. The van der Waals surface area contributed by atoms with E-state index in [1.54, 1.807) is 149 Å². The Hall–Kier alpha value is -13.1. The van der Waals surface area contributed by atoms with Gasteiger partial charge in [0.25, 0.3) is 32.4 Å². The van der Waals surface area contributed by atoms with Crippen molar-refractivity contribution < 1.29 is 107 Å². The fourth-order valence-electron chi connectivity index (χ4n) is 14.5. The van der Waals surface area contributed by atoms with Gasteiger partial charge < -0.3 is 54.9 Å². The molecule has 8 aromatic carbocycles. The van der Waals surface area contributed by atoms with Crippen LogP contribution in [-0.4, -0.2) is 114 Å². The van der Waals surface area contributed by atoms with Crippen molar-refractivity contribution in [2.45, 2.75) is 144 Å².